The Morgan fingerprint density at radius 1 is 1.32 bits per heavy atom. The van der Waals surface area contributed by atoms with E-state index in [4.69, 9.17) is 9.47 Å². The summed E-state index contributed by atoms with van der Waals surface area (Å²) in [5.74, 6) is 1.99. The number of nitrogens with zero attached hydrogens (tertiary/aromatic N) is 1. The van der Waals surface area contributed by atoms with Crippen LogP contribution in [-0.2, 0) is 11.3 Å². The number of carbonyl (C=O) groups excluding carboxylic acids is 1. The highest BCUT2D eigenvalue weighted by atomic mass is 16.5. The Morgan fingerprint density at radius 2 is 2.05 bits per heavy atom. The minimum atomic E-state index is 0.231. The van der Waals surface area contributed by atoms with Crippen molar-refractivity contribution >= 4 is 5.91 Å². The number of hydrogen-bond acceptors (Lipinski definition) is 3. The lowest BCUT2D eigenvalue weighted by molar-refractivity contribution is -0.137. The van der Waals surface area contributed by atoms with Gasteiger partial charge in [0.1, 0.15) is 11.5 Å². The summed E-state index contributed by atoms with van der Waals surface area (Å²) in [5, 5.41) is 0. The van der Waals surface area contributed by atoms with Gasteiger partial charge in [-0.2, -0.15) is 0 Å². The molecule has 1 aromatic carbocycles. The Bertz CT molecular complexity index is 455. The third kappa shape index (κ3) is 3.00. The van der Waals surface area contributed by atoms with Gasteiger partial charge < -0.3 is 14.4 Å². The van der Waals surface area contributed by atoms with Crippen molar-refractivity contribution in [3.63, 3.8) is 0 Å². The quantitative estimate of drug-likeness (QED) is 0.819. The van der Waals surface area contributed by atoms with Gasteiger partial charge in [0.15, 0.2) is 0 Å². The number of rotatable bonds is 5. The highest BCUT2D eigenvalue weighted by molar-refractivity contribution is 5.79. The van der Waals surface area contributed by atoms with E-state index in [0.717, 1.165) is 29.9 Å². The summed E-state index contributed by atoms with van der Waals surface area (Å²) in [6.45, 7) is 0.572. The Hall–Kier alpha value is -1.71. The van der Waals surface area contributed by atoms with E-state index in [1.165, 1.54) is 6.42 Å². The molecular weight excluding hydrogens is 242 g/mol. The van der Waals surface area contributed by atoms with Crippen LogP contribution < -0.4 is 9.47 Å². The molecular formula is C15H21NO3. The van der Waals surface area contributed by atoms with Crippen molar-refractivity contribution in [2.45, 2.75) is 25.8 Å². The largest absolute Gasteiger partial charge is 0.497 e. The van der Waals surface area contributed by atoms with Gasteiger partial charge in [-0.05, 0) is 25.0 Å². The molecule has 104 valence electrons. The van der Waals surface area contributed by atoms with Crippen molar-refractivity contribution in [1.82, 2.24) is 4.90 Å². The monoisotopic (exact) mass is 263 g/mol. The standard InChI is InChI=1S/C15H21NO3/c1-16(15(17)11-5-4-6-11)10-12-7-8-13(18-2)9-14(12)19-3/h7-9,11H,4-6,10H2,1-3H3. The molecule has 19 heavy (non-hydrogen) atoms. The average molecular weight is 263 g/mol. The first-order chi connectivity index (χ1) is 9.15. The first kappa shape index (κ1) is 13.7. The third-order valence-corrected chi connectivity index (χ3v) is 3.73. The molecule has 0 N–H and O–H groups in total. The Morgan fingerprint density at radius 3 is 2.58 bits per heavy atom. The molecule has 0 saturated heterocycles. The molecule has 0 unspecified atom stereocenters. The van der Waals surface area contributed by atoms with Crippen molar-refractivity contribution < 1.29 is 14.3 Å². The van der Waals surface area contributed by atoms with Crippen LogP contribution in [0.15, 0.2) is 18.2 Å². The molecule has 0 atom stereocenters. The molecule has 0 spiro atoms. The highest BCUT2D eigenvalue weighted by Gasteiger charge is 2.28. The fourth-order valence-electron chi connectivity index (χ4n) is 2.28. The van der Waals surface area contributed by atoms with E-state index in [1.807, 2.05) is 25.2 Å². The Labute approximate surface area is 114 Å². The van der Waals surface area contributed by atoms with Crippen molar-refractivity contribution in [2.75, 3.05) is 21.3 Å². The number of ether oxygens (including phenoxy) is 2. The number of amides is 1. The molecule has 0 aromatic heterocycles. The second-order valence-electron chi connectivity index (χ2n) is 5.00. The molecule has 0 bridgehead atoms. The predicted molar refractivity (Wildman–Crippen MR) is 73.4 cm³/mol. The van der Waals surface area contributed by atoms with Gasteiger partial charge in [-0.25, -0.2) is 0 Å². The minimum absolute atomic E-state index is 0.231. The summed E-state index contributed by atoms with van der Waals surface area (Å²) in [4.78, 5) is 13.9. The van der Waals surface area contributed by atoms with Crippen molar-refractivity contribution in [1.29, 1.82) is 0 Å². The zero-order valence-corrected chi connectivity index (χ0v) is 11.8. The lowest BCUT2D eigenvalue weighted by Crippen LogP contribution is -2.35. The smallest absolute Gasteiger partial charge is 0.225 e. The van der Waals surface area contributed by atoms with Crippen LogP contribution in [0.3, 0.4) is 0 Å². The highest BCUT2D eigenvalue weighted by Crippen LogP contribution is 2.30. The number of methoxy groups -OCH3 is 2. The molecule has 0 radical (unpaired) electrons. The van der Waals surface area contributed by atoms with Crippen LogP contribution in [0.5, 0.6) is 11.5 Å². The van der Waals surface area contributed by atoms with E-state index < -0.39 is 0 Å². The second kappa shape index (κ2) is 5.95. The maximum atomic E-state index is 12.1. The van der Waals surface area contributed by atoms with Gasteiger partial charge in [-0.3, -0.25) is 4.79 Å². The van der Waals surface area contributed by atoms with Gasteiger partial charge in [0, 0.05) is 31.1 Å². The maximum absolute atomic E-state index is 12.1. The summed E-state index contributed by atoms with van der Waals surface area (Å²) in [6, 6.07) is 5.68. The number of carbonyl (C=O) groups is 1. The fourth-order valence-corrected chi connectivity index (χ4v) is 2.28. The summed E-state index contributed by atoms with van der Waals surface area (Å²) in [7, 11) is 5.11. The molecule has 1 amide bonds. The van der Waals surface area contributed by atoms with Crippen LogP contribution in [0.4, 0.5) is 0 Å². The molecule has 0 heterocycles. The lowest BCUT2D eigenvalue weighted by atomic mass is 9.84. The number of benzene rings is 1. The number of hydrogen-bond donors (Lipinski definition) is 0. The third-order valence-electron chi connectivity index (χ3n) is 3.73. The van der Waals surface area contributed by atoms with Gasteiger partial charge in [-0.15, -0.1) is 0 Å². The van der Waals surface area contributed by atoms with Gasteiger partial charge in [0.2, 0.25) is 5.91 Å². The molecule has 1 aliphatic rings. The zero-order chi connectivity index (χ0) is 13.8. The van der Waals surface area contributed by atoms with Crippen LogP contribution in [0, 0.1) is 5.92 Å². The van der Waals surface area contributed by atoms with Gasteiger partial charge in [0.25, 0.3) is 0 Å². The first-order valence-corrected chi connectivity index (χ1v) is 6.61. The van der Waals surface area contributed by atoms with E-state index >= 15 is 0 Å². The topological polar surface area (TPSA) is 38.8 Å². The van der Waals surface area contributed by atoms with E-state index in [-0.39, 0.29) is 11.8 Å². The van der Waals surface area contributed by atoms with Crippen LogP contribution in [0.2, 0.25) is 0 Å². The summed E-state index contributed by atoms with van der Waals surface area (Å²) < 4.78 is 10.5. The summed E-state index contributed by atoms with van der Waals surface area (Å²) in [5.41, 5.74) is 0.999. The predicted octanol–water partition coefficient (Wildman–Crippen LogP) is 2.46. The van der Waals surface area contributed by atoms with Crippen molar-refractivity contribution in [2.24, 2.45) is 5.92 Å². The van der Waals surface area contributed by atoms with Crippen LogP contribution in [0.25, 0.3) is 0 Å². The first-order valence-electron chi connectivity index (χ1n) is 6.61. The van der Waals surface area contributed by atoms with E-state index in [2.05, 4.69) is 0 Å². The molecule has 1 aliphatic carbocycles. The van der Waals surface area contributed by atoms with E-state index in [1.54, 1.807) is 19.1 Å². The molecule has 1 fully saturated rings. The molecule has 4 heteroatoms. The molecule has 2 rings (SSSR count). The molecule has 1 aromatic rings. The van der Waals surface area contributed by atoms with Gasteiger partial charge in [0.05, 0.1) is 14.2 Å². The average Bonchev–Trinajstić information content (AvgIpc) is 2.37. The normalized spacial score (nSPS) is 14.7. The fraction of sp³-hybridized carbons (Fsp3) is 0.533. The van der Waals surface area contributed by atoms with Crippen LogP contribution in [0.1, 0.15) is 24.8 Å². The van der Waals surface area contributed by atoms with E-state index in [0.29, 0.717) is 6.54 Å². The molecule has 1 saturated carbocycles. The Kier molecular flexibility index (Phi) is 4.30. The summed E-state index contributed by atoms with van der Waals surface area (Å²) in [6.07, 6.45) is 3.24. The second-order valence-corrected chi connectivity index (χ2v) is 5.00. The van der Waals surface area contributed by atoms with Crippen LogP contribution in [-0.4, -0.2) is 32.1 Å². The van der Waals surface area contributed by atoms with Crippen LogP contribution >= 0.6 is 0 Å². The zero-order valence-electron chi connectivity index (χ0n) is 11.8. The van der Waals surface area contributed by atoms with Gasteiger partial charge >= 0.3 is 0 Å². The van der Waals surface area contributed by atoms with Crippen molar-refractivity contribution in [3.8, 4) is 11.5 Å². The Balaban J connectivity index is 2.07. The van der Waals surface area contributed by atoms with Crippen molar-refractivity contribution in [3.05, 3.63) is 23.8 Å². The SMILES string of the molecule is COc1ccc(CN(C)C(=O)C2CCC2)c(OC)c1. The molecule has 0 aliphatic heterocycles. The lowest BCUT2D eigenvalue weighted by Gasteiger charge is -2.29. The van der Waals surface area contributed by atoms with E-state index in [9.17, 15) is 4.79 Å². The van der Waals surface area contributed by atoms with Gasteiger partial charge in [-0.1, -0.05) is 6.42 Å². The minimum Gasteiger partial charge on any atom is -0.497 e. The maximum Gasteiger partial charge on any atom is 0.225 e. The molecule has 4 nitrogen and oxygen atoms in total. The summed E-state index contributed by atoms with van der Waals surface area (Å²) >= 11 is 0.